The molecule has 0 fully saturated rings. The lowest BCUT2D eigenvalue weighted by Crippen LogP contribution is -2.14. The minimum atomic E-state index is -0.982. The van der Waals surface area contributed by atoms with E-state index in [9.17, 15) is 14.4 Å². The second-order valence-corrected chi connectivity index (χ2v) is 6.19. The van der Waals surface area contributed by atoms with Crippen LogP contribution in [-0.4, -0.2) is 45.5 Å². The highest BCUT2D eigenvalue weighted by Crippen LogP contribution is 2.39. The first-order valence-corrected chi connectivity index (χ1v) is 9.65. The third-order valence-corrected chi connectivity index (χ3v) is 4.01. The summed E-state index contributed by atoms with van der Waals surface area (Å²) in [7, 11) is 2.70. The number of esters is 2. The summed E-state index contributed by atoms with van der Waals surface area (Å²) in [6, 6.07) is 11.3. The Balaban J connectivity index is 1.98. The summed E-state index contributed by atoms with van der Waals surface area (Å²) < 4.78 is 30.8. The summed E-state index contributed by atoms with van der Waals surface area (Å²) >= 11 is 0. The zero-order chi connectivity index (χ0) is 23.3. The second kappa shape index (κ2) is 12.6. The smallest absolute Gasteiger partial charge is 0.493 e. The van der Waals surface area contributed by atoms with E-state index in [1.165, 1.54) is 26.4 Å². The van der Waals surface area contributed by atoms with Crippen molar-refractivity contribution in [3.05, 3.63) is 60.7 Å². The molecule has 0 aliphatic heterocycles. The van der Waals surface area contributed by atoms with E-state index >= 15 is 0 Å². The van der Waals surface area contributed by atoms with Gasteiger partial charge in [0.25, 0.3) is 0 Å². The van der Waals surface area contributed by atoms with E-state index in [-0.39, 0.29) is 36.0 Å². The van der Waals surface area contributed by atoms with Crippen LogP contribution in [0.5, 0.6) is 23.0 Å². The van der Waals surface area contributed by atoms with Crippen LogP contribution in [0.25, 0.3) is 0 Å². The Hall–Kier alpha value is -4.01. The van der Waals surface area contributed by atoms with Crippen molar-refractivity contribution in [2.75, 3.05) is 27.4 Å². The van der Waals surface area contributed by atoms with Crippen LogP contribution in [0, 0.1) is 0 Å². The molecule has 0 heterocycles. The molecule has 0 unspecified atom stereocenters. The number of unbranched alkanes of at least 4 members (excludes halogenated alkanes) is 1. The van der Waals surface area contributed by atoms with Crippen LogP contribution in [0.4, 0.5) is 4.79 Å². The minimum Gasteiger partial charge on any atom is -0.493 e. The van der Waals surface area contributed by atoms with E-state index in [2.05, 4.69) is 6.58 Å². The first kappa shape index (κ1) is 24.3. The van der Waals surface area contributed by atoms with Crippen LogP contribution in [0.2, 0.25) is 0 Å². The van der Waals surface area contributed by atoms with Gasteiger partial charge in [0.15, 0.2) is 11.5 Å². The number of benzene rings is 2. The summed E-state index contributed by atoms with van der Waals surface area (Å²) in [5, 5.41) is 0. The summed E-state index contributed by atoms with van der Waals surface area (Å²) in [5.74, 6) is -0.662. The maximum absolute atomic E-state index is 12.5. The molecule has 0 spiro atoms. The number of carbonyl (C=O) groups excluding carboxylic acids is 3. The average Bonchev–Trinajstić information content (AvgIpc) is 2.81. The summed E-state index contributed by atoms with van der Waals surface area (Å²) in [5.41, 5.74) is 0.136. The number of para-hydroxylation sites is 1. The highest BCUT2D eigenvalue weighted by atomic mass is 16.7. The van der Waals surface area contributed by atoms with E-state index in [1.807, 2.05) is 0 Å². The second-order valence-electron chi connectivity index (χ2n) is 6.19. The van der Waals surface area contributed by atoms with Gasteiger partial charge in [0.2, 0.25) is 5.75 Å². The molecule has 9 heteroatoms. The van der Waals surface area contributed by atoms with Crippen molar-refractivity contribution in [2.24, 2.45) is 0 Å². The Labute approximate surface area is 185 Å². The maximum atomic E-state index is 12.5. The molecule has 9 nitrogen and oxygen atoms in total. The zero-order valence-electron chi connectivity index (χ0n) is 17.8. The normalized spacial score (nSPS) is 9.94. The monoisotopic (exact) mass is 444 g/mol. The van der Waals surface area contributed by atoms with Crippen molar-refractivity contribution in [1.29, 1.82) is 0 Å². The molecule has 0 amide bonds. The van der Waals surface area contributed by atoms with Crippen LogP contribution in [0.15, 0.2) is 55.1 Å². The molecule has 0 saturated carbocycles. The lowest BCUT2D eigenvalue weighted by Gasteiger charge is -2.14. The third kappa shape index (κ3) is 7.35. The number of ether oxygens (including phenoxy) is 6. The number of rotatable bonds is 11. The zero-order valence-corrected chi connectivity index (χ0v) is 17.8. The number of hydrogen-bond donors (Lipinski definition) is 0. The minimum absolute atomic E-state index is 0.0452. The molecule has 2 aromatic carbocycles. The molecule has 2 rings (SSSR count). The number of hydrogen-bond acceptors (Lipinski definition) is 9. The van der Waals surface area contributed by atoms with Crippen LogP contribution in [-0.2, 0) is 14.3 Å². The van der Waals surface area contributed by atoms with Gasteiger partial charge >= 0.3 is 18.1 Å². The number of methoxy groups -OCH3 is 2. The van der Waals surface area contributed by atoms with Gasteiger partial charge in [-0.3, -0.25) is 0 Å². The molecule has 0 saturated heterocycles. The van der Waals surface area contributed by atoms with Crippen molar-refractivity contribution in [3.63, 3.8) is 0 Å². The van der Waals surface area contributed by atoms with Gasteiger partial charge in [-0.25, -0.2) is 14.4 Å². The van der Waals surface area contributed by atoms with Gasteiger partial charge in [0.05, 0.1) is 33.0 Å². The average molecular weight is 444 g/mol. The van der Waals surface area contributed by atoms with Crippen LogP contribution < -0.4 is 18.9 Å². The topological polar surface area (TPSA) is 107 Å². The molecular formula is C23H24O9. The van der Waals surface area contributed by atoms with Crippen molar-refractivity contribution >= 4 is 18.1 Å². The first-order valence-electron chi connectivity index (χ1n) is 9.65. The molecule has 2 aromatic rings. The van der Waals surface area contributed by atoms with Gasteiger partial charge in [-0.2, -0.15) is 0 Å². The molecule has 0 aromatic heterocycles. The highest BCUT2D eigenvalue weighted by molar-refractivity contribution is 5.93. The van der Waals surface area contributed by atoms with Crippen molar-refractivity contribution in [2.45, 2.75) is 12.8 Å². The van der Waals surface area contributed by atoms with Gasteiger partial charge in [-0.05, 0) is 37.1 Å². The van der Waals surface area contributed by atoms with E-state index in [4.69, 9.17) is 28.4 Å². The standard InChI is InChI=1S/C23H24O9/c1-4-20(24)29-12-8-9-13-30-23(26)32-21-18(27-2)14-16(15-19(21)28-3)22(25)31-17-10-6-5-7-11-17/h4-7,10-11,14-15H,1,8-9,12-13H2,2-3H3. The van der Waals surface area contributed by atoms with Crippen molar-refractivity contribution in [3.8, 4) is 23.0 Å². The SMILES string of the molecule is C=CC(=O)OCCCCOC(=O)Oc1c(OC)cc(C(=O)Oc2ccccc2)cc1OC. The van der Waals surface area contributed by atoms with Gasteiger partial charge in [-0.1, -0.05) is 24.8 Å². The summed E-state index contributed by atoms with van der Waals surface area (Å²) in [6.07, 6.45) is 1.04. The lowest BCUT2D eigenvalue weighted by atomic mass is 10.2. The van der Waals surface area contributed by atoms with E-state index in [1.54, 1.807) is 30.3 Å². The van der Waals surface area contributed by atoms with Crippen LogP contribution in [0.3, 0.4) is 0 Å². The summed E-state index contributed by atoms with van der Waals surface area (Å²) in [4.78, 5) is 35.5. The lowest BCUT2D eigenvalue weighted by molar-refractivity contribution is -0.137. The molecule has 170 valence electrons. The predicted octanol–water partition coefficient (Wildman–Crippen LogP) is 3.95. The fourth-order valence-electron chi connectivity index (χ4n) is 2.46. The predicted molar refractivity (Wildman–Crippen MR) is 113 cm³/mol. The Morgan fingerprint density at radius 3 is 2.03 bits per heavy atom. The molecular weight excluding hydrogens is 420 g/mol. The van der Waals surface area contributed by atoms with Gasteiger partial charge in [0.1, 0.15) is 5.75 Å². The fourth-order valence-corrected chi connectivity index (χ4v) is 2.46. The van der Waals surface area contributed by atoms with E-state index in [0.717, 1.165) is 6.08 Å². The van der Waals surface area contributed by atoms with Gasteiger partial charge in [0, 0.05) is 6.08 Å². The van der Waals surface area contributed by atoms with Crippen molar-refractivity contribution < 1.29 is 42.8 Å². The fraction of sp³-hybridized carbons (Fsp3) is 0.261. The third-order valence-electron chi connectivity index (χ3n) is 4.01. The highest BCUT2D eigenvalue weighted by Gasteiger charge is 2.22. The molecule has 0 aliphatic rings. The Morgan fingerprint density at radius 2 is 1.47 bits per heavy atom. The number of carbonyl (C=O) groups is 3. The van der Waals surface area contributed by atoms with Crippen LogP contribution in [0.1, 0.15) is 23.2 Å². The van der Waals surface area contributed by atoms with E-state index in [0.29, 0.717) is 18.6 Å². The Bertz CT molecular complexity index is 913. The van der Waals surface area contributed by atoms with E-state index < -0.39 is 18.1 Å². The molecule has 0 bridgehead atoms. The molecule has 0 N–H and O–H groups in total. The van der Waals surface area contributed by atoms with Gasteiger partial charge < -0.3 is 28.4 Å². The molecule has 32 heavy (non-hydrogen) atoms. The Kier molecular flexibility index (Phi) is 9.58. The molecule has 0 radical (unpaired) electrons. The Morgan fingerprint density at radius 1 is 0.875 bits per heavy atom. The quantitative estimate of drug-likeness (QED) is 0.167. The summed E-state index contributed by atoms with van der Waals surface area (Å²) in [6.45, 7) is 3.53. The first-order chi connectivity index (χ1) is 15.5. The molecule has 0 aliphatic carbocycles. The van der Waals surface area contributed by atoms with Crippen molar-refractivity contribution in [1.82, 2.24) is 0 Å². The van der Waals surface area contributed by atoms with Gasteiger partial charge in [-0.15, -0.1) is 0 Å². The molecule has 0 atom stereocenters. The van der Waals surface area contributed by atoms with Crippen LogP contribution >= 0.6 is 0 Å². The maximum Gasteiger partial charge on any atom is 0.514 e. The largest absolute Gasteiger partial charge is 0.514 e.